The molecule has 0 heterocycles. The van der Waals surface area contributed by atoms with Crippen LogP contribution in [0.4, 0.5) is 11.4 Å². The molecule has 0 aliphatic heterocycles. The van der Waals surface area contributed by atoms with Gasteiger partial charge in [-0.1, -0.05) is 12.1 Å². The molecule has 2 aromatic rings. The summed E-state index contributed by atoms with van der Waals surface area (Å²) in [5.41, 5.74) is 7.45. The summed E-state index contributed by atoms with van der Waals surface area (Å²) in [5, 5.41) is 13.5. The number of hydrogen-bond donors (Lipinski definition) is 2. The van der Waals surface area contributed by atoms with Crippen molar-refractivity contribution in [3.8, 4) is 0 Å². The Morgan fingerprint density at radius 3 is 2.31 bits per heavy atom. The number of nitrogens with two attached hydrogens (primary N) is 1. The molecule has 3 rings (SSSR count). The lowest BCUT2D eigenvalue weighted by Crippen LogP contribution is -2.33. The second-order valence-electron chi connectivity index (χ2n) is 7.13. The van der Waals surface area contributed by atoms with E-state index in [0.717, 1.165) is 24.8 Å². The molecule has 8 nitrogen and oxygen atoms in total. The minimum absolute atomic E-state index is 0.0640. The molecular weight excluding hydrogens is 372 g/mol. The number of nitrogens with zero attached hydrogens (tertiary/aromatic N) is 2. The Balaban J connectivity index is 1.60. The maximum absolute atomic E-state index is 12.4. The normalized spacial score (nSPS) is 13.0. The highest BCUT2D eigenvalue weighted by Crippen LogP contribution is 2.31. The lowest BCUT2D eigenvalue weighted by atomic mass is 10.1. The maximum Gasteiger partial charge on any atom is 0.269 e. The van der Waals surface area contributed by atoms with E-state index in [1.165, 1.54) is 24.3 Å². The molecule has 1 aliphatic rings. The smallest absolute Gasteiger partial charge is 0.269 e. The fourth-order valence-electron chi connectivity index (χ4n) is 2.99. The van der Waals surface area contributed by atoms with Crippen molar-refractivity contribution in [2.45, 2.75) is 25.8 Å². The third-order valence-electron chi connectivity index (χ3n) is 4.80. The minimum atomic E-state index is -0.509. The van der Waals surface area contributed by atoms with Crippen LogP contribution in [0.3, 0.4) is 0 Å². The Bertz CT molecular complexity index is 877. The van der Waals surface area contributed by atoms with Gasteiger partial charge in [0, 0.05) is 42.4 Å². The van der Waals surface area contributed by atoms with Crippen molar-refractivity contribution in [1.82, 2.24) is 4.90 Å². The van der Waals surface area contributed by atoms with Crippen LogP contribution in [0.5, 0.6) is 0 Å². The Labute approximate surface area is 168 Å². The number of non-ortho nitro benzene ring substituents is 1. The summed E-state index contributed by atoms with van der Waals surface area (Å²) < 4.78 is 0. The van der Waals surface area contributed by atoms with Gasteiger partial charge in [-0.15, -0.1) is 0 Å². The first-order chi connectivity index (χ1) is 14.0. The fourth-order valence-corrected chi connectivity index (χ4v) is 2.99. The van der Waals surface area contributed by atoms with E-state index in [4.69, 9.17) is 5.73 Å². The number of nitrogens with one attached hydrogen (secondary N) is 1. The van der Waals surface area contributed by atoms with E-state index < -0.39 is 4.92 Å². The van der Waals surface area contributed by atoms with Crippen LogP contribution in [0.2, 0.25) is 0 Å². The maximum atomic E-state index is 12.4. The number of nitro groups is 1. The molecule has 0 radical (unpaired) electrons. The van der Waals surface area contributed by atoms with E-state index in [1.807, 2.05) is 17.0 Å². The number of nitro benzene ring substituents is 1. The van der Waals surface area contributed by atoms with E-state index in [-0.39, 0.29) is 23.4 Å². The van der Waals surface area contributed by atoms with Crippen molar-refractivity contribution < 1.29 is 14.5 Å². The average molecular weight is 396 g/mol. The Kier molecular flexibility index (Phi) is 6.56. The molecule has 8 heteroatoms. The van der Waals surface area contributed by atoms with E-state index >= 15 is 0 Å². The zero-order chi connectivity index (χ0) is 20.8. The molecule has 2 aromatic carbocycles. The van der Waals surface area contributed by atoms with Crippen molar-refractivity contribution >= 4 is 23.2 Å². The monoisotopic (exact) mass is 396 g/mol. The first kappa shape index (κ1) is 20.5. The summed E-state index contributed by atoms with van der Waals surface area (Å²) in [6.07, 6.45) is 2.69. The van der Waals surface area contributed by atoms with E-state index in [0.29, 0.717) is 30.9 Å². The second kappa shape index (κ2) is 9.29. The predicted molar refractivity (Wildman–Crippen MR) is 109 cm³/mol. The van der Waals surface area contributed by atoms with Gasteiger partial charge < -0.3 is 16.0 Å². The van der Waals surface area contributed by atoms with Gasteiger partial charge in [-0.3, -0.25) is 19.7 Å². The molecule has 29 heavy (non-hydrogen) atoms. The van der Waals surface area contributed by atoms with Crippen LogP contribution in [0.15, 0.2) is 48.5 Å². The molecule has 3 N–H and O–H groups in total. The number of hydrogen-bond acceptors (Lipinski definition) is 5. The fraction of sp³-hybridized carbons (Fsp3) is 0.333. The highest BCUT2D eigenvalue weighted by Gasteiger charge is 2.33. The second-order valence-corrected chi connectivity index (χ2v) is 7.13. The molecule has 1 saturated carbocycles. The molecule has 2 amide bonds. The third kappa shape index (κ3) is 5.61. The van der Waals surface area contributed by atoms with Gasteiger partial charge in [-0.05, 0) is 55.6 Å². The van der Waals surface area contributed by atoms with Crippen LogP contribution in [0.25, 0.3) is 0 Å². The molecule has 0 saturated heterocycles. The van der Waals surface area contributed by atoms with E-state index in [9.17, 15) is 19.7 Å². The number of benzene rings is 2. The highest BCUT2D eigenvalue weighted by atomic mass is 16.6. The SMILES string of the molecule is NCCCN(Cc1ccc(NC(=O)c2ccc([N+](=O)[O-])cc2)cc1)C(=O)C1CC1. The number of rotatable bonds is 9. The number of anilines is 1. The van der Waals surface area contributed by atoms with Crippen LogP contribution < -0.4 is 11.1 Å². The molecule has 0 spiro atoms. The summed E-state index contributed by atoms with van der Waals surface area (Å²) in [6, 6.07) is 12.7. The van der Waals surface area contributed by atoms with E-state index in [1.54, 1.807) is 12.1 Å². The predicted octanol–water partition coefficient (Wildman–Crippen LogP) is 2.93. The largest absolute Gasteiger partial charge is 0.338 e. The Hall–Kier alpha value is -3.26. The molecule has 1 fully saturated rings. The lowest BCUT2D eigenvalue weighted by molar-refractivity contribution is -0.384. The van der Waals surface area contributed by atoms with Crippen molar-refractivity contribution in [3.05, 3.63) is 69.8 Å². The quantitative estimate of drug-likeness (QED) is 0.499. The first-order valence-electron chi connectivity index (χ1n) is 9.61. The van der Waals surface area contributed by atoms with Gasteiger partial charge in [0.1, 0.15) is 0 Å². The number of carbonyl (C=O) groups is 2. The summed E-state index contributed by atoms with van der Waals surface area (Å²) in [4.78, 5) is 36.8. The molecule has 1 aliphatic carbocycles. The van der Waals surface area contributed by atoms with Crippen LogP contribution >= 0.6 is 0 Å². The number of amides is 2. The zero-order valence-electron chi connectivity index (χ0n) is 16.0. The van der Waals surface area contributed by atoms with Gasteiger partial charge in [0.2, 0.25) is 5.91 Å². The molecule has 0 bridgehead atoms. The molecule has 0 aromatic heterocycles. The van der Waals surface area contributed by atoms with Gasteiger partial charge in [-0.25, -0.2) is 0 Å². The highest BCUT2D eigenvalue weighted by molar-refractivity contribution is 6.04. The lowest BCUT2D eigenvalue weighted by Gasteiger charge is -2.23. The van der Waals surface area contributed by atoms with Crippen LogP contribution in [0.1, 0.15) is 35.2 Å². The van der Waals surface area contributed by atoms with Crippen molar-refractivity contribution in [3.63, 3.8) is 0 Å². The zero-order valence-corrected chi connectivity index (χ0v) is 16.0. The topological polar surface area (TPSA) is 119 Å². The third-order valence-corrected chi connectivity index (χ3v) is 4.80. The van der Waals surface area contributed by atoms with Gasteiger partial charge in [0.15, 0.2) is 0 Å². The number of carbonyl (C=O) groups excluding carboxylic acids is 2. The van der Waals surface area contributed by atoms with E-state index in [2.05, 4.69) is 5.32 Å². The summed E-state index contributed by atoms with van der Waals surface area (Å²) in [7, 11) is 0. The molecule has 152 valence electrons. The van der Waals surface area contributed by atoms with Gasteiger partial charge in [0.25, 0.3) is 11.6 Å². The van der Waals surface area contributed by atoms with Gasteiger partial charge in [0.05, 0.1) is 4.92 Å². The Morgan fingerprint density at radius 1 is 1.10 bits per heavy atom. The van der Waals surface area contributed by atoms with Crippen LogP contribution in [-0.2, 0) is 11.3 Å². The molecular formula is C21H24N4O4. The van der Waals surface area contributed by atoms with Crippen LogP contribution in [-0.4, -0.2) is 34.7 Å². The first-order valence-corrected chi connectivity index (χ1v) is 9.61. The summed E-state index contributed by atoms with van der Waals surface area (Å²) >= 11 is 0. The van der Waals surface area contributed by atoms with Crippen molar-refractivity contribution in [1.29, 1.82) is 0 Å². The van der Waals surface area contributed by atoms with Crippen LogP contribution in [0, 0.1) is 16.0 Å². The standard InChI is InChI=1S/C21H24N4O4/c22-12-1-13-24(21(27)17-4-5-17)14-15-2-8-18(9-3-15)23-20(26)16-6-10-19(11-7-16)25(28)29/h2-3,6-11,17H,1,4-5,12-14,22H2,(H,23,26). The molecule has 0 atom stereocenters. The molecule has 0 unspecified atom stereocenters. The average Bonchev–Trinajstić information content (AvgIpc) is 3.57. The minimum Gasteiger partial charge on any atom is -0.338 e. The van der Waals surface area contributed by atoms with Gasteiger partial charge in [-0.2, -0.15) is 0 Å². The van der Waals surface area contributed by atoms with Gasteiger partial charge >= 0.3 is 0 Å². The summed E-state index contributed by atoms with van der Waals surface area (Å²) in [6.45, 7) is 1.71. The van der Waals surface area contributed by atoms with Crippen molar-refractivity contribution in [2.75, 3.05) is 18.4 Å². The van der Waals surface area contributed by atoms with Crippen molar-refractivity contribution in [2.24, 2.45) is 11.7 Å². The summed E-state index contributed by atoms with van der Waals surface area (Å²) in [5.74, 6) is 0.00293. The Morgan fingerprint density at radius 2 is 1.76 bits per heavy atom.